The molecular weight excluding hydrogens is 476 g/mol. The highest BCUT2D eigenvalue weighted by Gasteiger charge is 2.34. The van der Waals surface area contributed by atoms with Gasteiger partial charge in [0.2, 0.25) is 0 Å². The molecule has 1 N–H and O–H groups in total. The lowest BCUT2D eigenvalue weighted by molar-refractivity contribution is -0.122. The number of amides is 1. The molecule has 1 aliphatic heterocycles. The molecule has 0 aromatic heterocycles. The number of methoxy groups -OCH3 is 1. The van der Waals surface area contributed by atoms with E-state index in [1.165, 1.54) is 23.9 Å². The second-order valence-electron chi connectivity index (χ2n) is 8.28. The topological polar surface area (TPSA) is 88.4 Å². The smallest absolute Gasteiger partial charge is 0.335 e. The van der Waals surface area contributed by atoms with Gasteiger partial charge in [0.1, 0.15) is 0 Å². The van der Waals surface area contributed by atoms with Crippen LogP contribution in [0.2, 0.25) is 0 Å². The Morgan fingerprint density at radius 2 is 1.78 bits per heavy atom. The lowest BCUT2D eigenvalue weighted by atomic mass is 10.1. The van der Waals surface area contributed by atoms with Crippen LogP contribution in [-0.2, 0) is 11.3 Å². The van der Waals surface area contributed by atoms with Crippen molar-refractivity contribution >= 4 is 40.6 Å². The molecule has 1 aliphatic rings. The van der Waals surface area contributed by atoms with Crippen molar-refractivity contribution in [1.29, 1.82) is 0 Å². The van der Waals surface area contributed by atoms with Crippen LogP contribution in [0.4, 0.5) is 5.69 Å². The molecule has 0 aliphatic carbocycles. The summed E-state index contributed by atoms with van der Waals surface area (Å²) in [6.45, 7) is 4.11. The second kappa shape index (κ2) is 11.1. The molecule has 1 heterocycles. The number of hydrogen-bond acceptors (Lipinski definition) is 6. The SMILES string of the molecule is COc1cccc(/C=C2\SC(=Nc3ccccc3)N(Cc3ccc(C(=O)O)cc3)C2=O)c1OC(C)C. The van der Waals surface area contributed by atoms with E-state index >= 15 is 0 Å². The van der Waals surface area contributed by atoms with Gasteiger partial charge in [0.05, 0.1) is 35.9 Å². The molecule has 36 heavy (non-hydrogen) atoms. The summed E-state index contributed by atoms with van der Waals surface area (Å²) in [4.78, 5) is 31.6. The Morgan fingerprint density at radius 3 is 2.42 bits per heavy atom. The first-order valence-electron chi connectivity index (χ1n) is 11.4. The van der Waals surface area contributed by atoms with Gasteiger partial charge in [0, 0.05) is 5.56 Å². The predicted molar refractivity (Wildman–Crippen MR) is 142 cm³/mol. The van der Waals surface area contributed by atoms with Gasteiger partial charge in [-0.3, -0.25) is 9.69 Å². The predicted octanol–water partition coefficient (Wildman–Crippen LogP) is 5.98. The van der Waals surface area contributed by atoms with E-state index in [4.69, 9.17) is 14.5 Å². The third-order valence-electron chi connectivity index (χ3n) is 5.28. The van der Waals surface area contributed by atoms with Crippen LogP contribution >= 0.6 is 11.8 Å². The number of thioether (sulfide) groups is 1. The van der Waals surface area contributed by atoms with Crippen molar-refractivity contribution in [3.8, 4) is 11.5 Å². The molecule has 4 rings (SSSR count). The minimum atomic E-state index is -0.997. The molecule has 3 aromatic rings. The van der Waals surface area contributed by atoms with E-state index in [9.17, 15) is 14.7 Å². The summed E-state index contributed by atoms with van der Waals surface area (Å²) < 4.78 is 11.5. The number of benzene rings is 3. The van der Waals surface area contributed by atoms with Gasteiger partial charge < -0.3 is 14.6 Å². The second-order valence-corrected chi connectivity index (χ2v) is 9.29. The fraction of sp³-hybridized carbons (Fsp3) is 0.179. The average Bonchev–Trinajstić information content (AvgIpc) is 3.14. The van der Waals surface area contributed by atoms with Crippen LogP contribution in [0, 0.1) is 0 Å². The summed E-state index contributed by atoms with van der Waals surface area (Å²) >= 11 is 1.28. The fourth-order valence-corrected chi connectivity index (χ4v) is 4.58. The number of nitrogens with zero attached hydrogens (tertiary/aromatic N) is 2. The van der Waals surface area contributed by atoms with E-state index in [2.05, 4.69) is 0 Å². The van der Waals surface area contributed by atoms with Gasteiger partial charge in [-0.25, -0.2) is 9.79 Å². The van der Waals surface area contributed by atoms with Crippen molar-refractivity contribution in [3.63, 3.8) is 0 Å². The Balaban J connectivity index is 1.72. The zero-order chi connectivity index (χ0) is 25.7. The highest BCUT2D eigenvalue weighted by atomic mass is 32.2. The molecule has 0 radical (unpaired) electrons. The Bertz CT molecular complexity index is 1320. The average molecular weight is 503 g/mol. The Labute approximate surface area is 214 Å². The summed E-state index contributed by atoms with van der Waals surface area (Å²) in [6.07, 6.45) is 1.72. The van der Waals surface area contributed by atoms with Crippen LogP contribution in [0.25, 0.3) is 6.08 Å². The van der Waals surface area contributed by atoms with Crippen LogP contribution in [0.1, 0.15) is 35.3 Å². The molecule has 0 atom stereocenters. The van der Waals surface area contributed by atoms with Gasteiger partial charge in [-0.15, -0.1) is 0 Å². The van der Waals surface area contributed by atoms with Gasteiger partial charge >= 0.3 is 5.97 Å². The molecule has 0 unspecified atom stereocenters. The van der Waals surface area contributed by atoms with Crippen molar-refractivity contribution in [3.05, 3.63) is 94.4 Å². The molecule has 1 fully saturated rings. The van der Waals surface area contributed by atoms with Crippen molar-refractivity contribution < 1.29 is 24.2 Å². The first-order chi connectivity index (χ1) is 17.4. The number of carboxylic acids is 1. The van der Waals surface area contributed by atoms with Gasteiger partial charge in [-0.05, 0) is 67.6 Å². The monoisotopic (exact) mass is 502 g/mol. The van der Waals surface area contributed by atoms with E-state index in [1.807, 2.05) is 62.4 Å². The van der Waals surface area contributed by atoms with Crippen molar-refractivity contribution in [2.24, 2.45) is 4.99 Å². The van der Waals surface area contributed by atoms with Gasteiger partial charge in [0.25, 0.3) is 5.91 Å². The summed E-state index contributed by atoms with van der Waals surface area (Å²) in [5.74, 6) is -0.0406. The van der Waals surface area contributed by atoms with E-state index < -0.39 is 5.97 Å². The molecule has 8 heteroatoms. The minimum absolute atomic E-state index is 0.0779. The highest BCUT2D eigenvalue weighted by Crippen LogP contribution is 2.39. The molecular formula is C28H26N2O5S. The number of hydrogen-bond donors (Lipinski definition) is 1. The third kappa shape index (κ3) is 5.78. The quantitative estimate of drug-likeness (QED) is 0.381. The maximum atomic E-state index is 13.6. The van der Waals surface area contributed by atoms with Crippen LogP contribution in [-0.4, -0.2) is 40.3 Å². The number of amidine groups is 1. The zero-order valence-electron chi connectivity index (χ0n) is 20.2. The first kappa shape index (κ1) is 25.1. The first-order valence-corrected chi connectivity index (χ1v) is 12.2. The number of carbonyl (C=O) groups is 2. The minimum Gasteiger partial charge on any atom is -0.493 e. The number of carboxylic acid groups (broad SMARTS) is 1. The Kier molecular flexibility index (Phi) is 7.75. The Morgan fingerprint density at radius 1 is 1.06 bits per heavy atom. The van der Waals surface area contributed by atoms with Crippen molar-refractivity contribution in [1.82, 2.24) is 4.90 Å². The fourth-order valence-electron chi connectivity index (χ4n) is 3.59. The van der Waals surface area contributed by atoms with Gasteiger partial charge in [0.15, 0.2) is 16.7 Å². The molecule has 7 nitrogen and oxygen atoms in total. The largest absolute Gasteiger partial charge is 0.493 e. The number of rotatable bonds is 8. The van der Waals surface area contributed by atoms with E-state index in [0.717, 1.165) is 16.8 Å². The molecule has 1 amide bonds. The van der Waals surface area contributed by atoms with E-state index in [0.29, 0.717) is 21.6 Å². The third-order valence-corrected chi connectivity index (χ3v) is 6.29. The van der Waals surface area contributed by atoms with Crippen molar-refractivity contribution in [2.45, 2.75) is 26.5 Å². The summed E-state index contributed by atoms with van der Waals surface area (Å²) in [5.41, 5.74) is 2.44. The molecule has 3 aromatic carbocycles. The summed E-state index contributed by atoms with van der Waals surface area (Å²) in [5, 5.41) is 9.72. The van der Waals surface area contributed by atoms with Gasteiger partial charge in [-0.1, -0.05) is 42.5 Å². The van der Waals surface area contributed by atoms with E-state index in [-0.39, 0.29) is 24.1 Å². The highest BCUT2D eigenvalue weighted by molar-refractivity contribution is 8.18. The number of para-hydroxylation sites is 2. The van der Waals surface area contributed by atoms with Crippen LogP contribution in [0.3, 0.4) is 0 Å². The summed E-state index contributed by atoms with van der Waals surface area (Å²) in [7, 11) is 1.58. The Hall–Kier alpha value is -4.04. The van der Waals surface area contributed by atoms with Crippen molar-refractivity contribution in [2.75, 3.05) is 7.11 Å². The molecule has 0 bridgehead atoms. The maximum Gasteiger partial charge on any atom is 0.335 e. The number of aromatic carboxylic acids is 1. The van der Waals surface area contributed by atoms with Crippen LogP contribution < -0.4 is 9.47 Å². The number of aliphatic imine (C=N–C) groups is 1. The molecule has 0 saturated carbocycles. The normalized spacial score (nSPS) is 15.7. The summed E-state index contributed by atoms with van der Waals surface area (Å²) in [6, 6.07) is 21.4. The van der Waals surface area contributed by atoms with Crippen LogP contribution in [0.5, 0.6) is 11.5 Å². The molecule has 0 spiro atoms. The van der Waals surface area contributed by atoms with Gasteiger partial charge in [-0.2, -0.15) is 0 Å². The lowest BCUT2D eigenvalue weighted by Gasteiger charge is -2.16. The van der Waals surface area contributed by atoms with E-state index in [1.54, 1.807) is 30.2 Å². The molecule has 1 saturated heterocycles. The molecule has 184 valence electrons. The van der Waals surface area contributed by atoms with Crippen LogP contribution in [0.15, 0.2) is 82.7 Å². The standard InChI is InChI=1S/C28H26N2O5S/c1-18(2)35-25-21(8-7-11-23(25)34-3)16-24-26(31)30(17-19-12-14-20(15-13-19)27(32)33)28(36-24)29-22-9-5-4-6-10-22/h4-16,18H,17H2,1-3H3,(H,32,33)/b24-16-,29-28?. The maximum absolute atomic E-state index is 13.6. The zero-order valence-corrected chi connectivity index (χ0v) is 21.0. The number of carbonyl (C=O) groups excluding carboxylic acids is 1. The number of ether oxygens (including phenoxy) is 2. The lowest BCUT2D eigenvalue weighted by Crippen LogP contribution is -2.28.